The Labute approximate surface area is 240 Å². The van der Waals surface area contributed by atoms with E-state index in [-0.39, 0.29) is 35.6 Å². The molecule has 0 aliphatic carbocycles. The molecular formula is C27H23F5N8O3. The van der Waals surface area contributed by atoms with Crippen molar-refractivity contribution < 1.29 is 36.2 Å². The summed E-state index contributed by atoms with van der Waals surface area (Å²) >= 11 is 0. The molecule has 3 aromatic heterocycles. The standard InChI is InChI=1S/C27H23F5N8O3/c1-15-9-16(3-5-18(15)41-22-10-21-34-13-37-40(21)14-36-22)38-25-23-17(33-12-35-25)4-6-19(43-27(30,31)32)24(23)42-20-7-8-39(2)11-26(20,28)29/h3-6,9-10,12-14,20H,7-8,11H2,1-2H3,(H,33,35,38). The minimum absolute atomic E-state index is 0.0239. The summed E-state index contributed by atoms with van der Waals surface area (Å²) in [5, 5.41) is 6.97. The van der Waals surface area contributed by atoms with Crippen LogP contribution < -0.4 is 19.5 Å². The molecule has 16 heteroatoms. The van der Waals surface area contributed by atoms with E-state index in [0.29, 0.717) is 22.6 Å². The zero-order valence-corrected chi connectivity index (χ0v) is 22.6. The lowest BCUT2D eigenvalue weighted by Crippen LogP contribution is -2.52. The van der Waals surface area contributed by atoms with Gasteiger partial charge in [-0.25, -0.2) is 33.2 Å². The van der Waals surface area contributed by atoms with E-state index in [1.165, 1.54) is 41.5 Å². The highest BCUT2D eigenvalue weighted by atomic mass is 19.4. The van der Waals surface area contributed by atoms with Crippen LogP contribution in [0.15, 0.2) is 55.4 Å². The van der Waals surface area contributed by atoms with Gasteiger partial charge in [-0.15, -0.1) is 13.2 Å². The number of benzene rings is 2. The molecule has 1 aliphatic rings. The zero-order chi connectivity index (χ0) is 30.4. The van der Waals surface area contributed by atoms with Crippen molar-refractivity contribution in [3.8, 4) is 23.1 Å². The van der Waals surface area contributed by atoms with Gasteiger partial charge < -0.3 is 24.4 Å². The molecule has 1 atom stereocenters. The number of rotatable bonds is 7. The maximum atomic E-state index is 14.9. The quantitative estimate of drug-likeness (QED) is 0.239. The lowest BCUT2D eigenvalue weighted by atomic mass is 10.0. The Hall–Kier alpha value is -4.86. The van der Waals surface area contributed by atoms with Gasteiger partial charge in [0.1, 0.15) is 30.5 Å². The second kappa shape index (κ2) is 10.8. The lowest BCUT2D eigenvalue weighted by Gasteiger charge is -2.36. The van der Waals surface area contributed by atoms with E-state index in [4.69, 9.17) is 9.47 Å². The minimum Gasteiger partial charge on any atom is -0.479 e. The van der Waals surface area contributed by atoms with Gasteiger partial charge in [0.15, 0.2) is 23.3 Å². The van der Waals surface area contributed by atoms with Crippen molar-refractivity contribution >= 4 is 28.1 Å². The maximum absolute atomic E-state index is 14.9. The number of anilines is 2. The van der Waals surface area contributed by atoms with Crippen molar-refractivity contribution in [2.24, 2.45) is 0 Å². The number of hydrogen-bond donors (Lipinski definition) is 1. The summed E-state index contributed by atoms with van der Waals surface area (Å²) in [6.45, 7) is 1.42. The van der Waals surface area contributed by atoms with Crippen LogP contribution in [0.4, 0.5) is 33.5 Å². The van der Waals surface area contributed by atoms with Crippen LogP contribution in [0.5, 0.6) is 23.1 Å². The number of nitrogens with zero attached hydrogens (tertiary/aromatic N) is 7. The van der Waals surface area contributed by atoms with Crippen molar-refractivity contribution in [2.45, 2.75) is 31.7 Å². The molecule has 1 saturated heterocycles. The van der Waals surface area contributed by atoms with Gasteiger partial charge in [0.25, 0.3) is 5.92 Å². The molecule has 0 bridgehead atoms. The first-order chi connectivity index (χ1) is 20.4. The van der Waals surface area contributed by atoms with Gasteiger partial charge in [-0.2, -0.15) is 5.10 Å². The van der Waals surface area contributed by atoms with Gasteiger partial charge in [-0.3, -0.25) is 0 Å². The second-order valence-corrected chi connectivity index (χ2v) is 9.95. The highest BCUT2D eigenvalue weighted by Crippen LogP contribution is 2.44. The third-order valence-corrected chi connectivity index (χ3v) is 6.73. The molecule has 11 nitrogen and oxygen atoms in total. The number of ether oxygens (including phenoxy) is 3. The van der Waals surface area contributed by atoms with E-state index >= 15 is 0 Å². The number of hydrogen-bond acceptors (Lipinski definition) is 10. The Morgan fingerprint density at radius 2 is 1.81 bits per heavy atom. The molecule has 2 aromatic carbocycles. The molecule has 4 heterocycles. The van der Waals surface area contributed by atoms with E-state index in [0.717, 1.165) is 6.07 Å². The van der Waals surface area contributed by atoms with Crippen LogP contribution >= 0.6 is 0 Å². The van der Waals surface area contributed by atoms with Gasteiger partial charge in [0.05, 0.1) is 17.4 Å². The molecule has 1 N–H and O–H groups in total. The van der Waals surface area contributed by atoms with Gasteiger partial charge in [0, 0.05) is 24.7 Å². The number of likely N-dealkylation sites (tertiary alicyclic amines) is 1. The summed E-state index contributed by atoms with van der Waals surface area (Å²) in [7, 11) is 1.53. The number of aryl methyl sites for hydroxylation is 1. The number of nitrogens with one attached hydrogen (secondary N) is 1. The summed E-state index contributed by atoms with van der Waals surface area (Å²) in [4.78, 5) is 18.0. The second-order valence-electron chi connectivity index (χ2n) is 9.95. The Morgan fingerprint density at radius 3 is 2.58 bits per heavy atom. The van der Waals surface area contributed by atoms with Gasteiger partial charge in [-0.05, 0) is 49.9 Å². The number of aromatic nitrogens is 6. The average Bonchev–Trinajstić information content (AvgIpc) is 3.40. The van der Waals surface area contributed by atoms with Crippen LogP contribution in [0.3, 0.4) is 0 Å². The molecule has 6 rings (SSSR count). The number of fused-ring (bicyclic) bond motifs is 2. The normalized spacial score (nSPS) is 17.2. The molecule has 0 saturated carbocycles. The highest BCUT2D eigenvalue weighted by Gasteiger charge is 2.46. The predicted molar refractivity (Wildman–Crippen MR) is 143 cm³/mol. The van der Waals surface area contributed by atoms with Crippen molar-refractivity contribution in [1.29, 1.82) is 0 Å². The van der Waals surface area contributed by atoms with Gasteiger partial charge in [0.2, 0.25) is 5.88 Å². The van der Waals surface area contributed by atoms with Gasteiger partial charge >= 0.3 is 6.36 Å². The van der Waals surface area contributed by atoms with E-state index < -0.39 is 36.4 Å². The Morgan fingerprint density at radius 1 is 1.00 bits per heavy atom. The highest BCUT2D eigenvalue weighted by molar-refractivity contribution is 5.97. The third-order valence-electron chi connectivity index (χ3n) is 6.73. The molecule has 1 fully saturated rings. The summed E-state index contributed by atoms with van der Waals surface area (Å²) in [6.07, 6.45) is -2.90. The summed E-state index contributed by atoms with van der Waals surface area (Å²) in [5.74, 6) is -3.88. The fourth-order valence-electron chi connectivity index (χ4n) is 4.75. The first-order valence-corrected chi connectivity index (χ1v) is 12.9. The van der Waals surface area contributed by atoms with Crippen LogP contribution in [0, 0.1) is 6.92 Å². The molecule has 0 amide bonds. The van der Waals surface area contributed by atoms with Crippen LogP contribution in [0.25, 0.3) is 16.6 Å². The van der Waals surface area contributed by atoms with Crippen LogP contribution in [-0.2, 0) is 0 Å². The van der Waals surface area contributed by atoms with Crippen molar-refractivity contribution in [3.63, 3.8) is 0 Å². The fraction of sp³-hybridized carbons (Fsp3) is 0.296. The molecule has 0 spiro atoms. The van der Waals surface area contributed by atoms with Crippen LogP contribution in [0.2, 0.25) is 0 Å². The predicted octanol–water partition coefficient (Wildman–Crippen LogP) is 5.53. The summed E-state index contributed by atoms with van der Waals surface area (Å²) in [6, 6.07) is 8.88. The summed E-state index contributed by atoms with van der Waals surface area (Å²) < 4.78 is 87.1. The van der Waals surface area contributed by atoms with E-state index in [1.807, 2.05) is 0 Å². The third kappa shape index (κ3) is 6.04. The average molecular weight is 603 g/mol. The molecular weight excluding hydrogens is 579 g/mol. The smallest absolute Gasteiger partial charge is 0.479 e. The Balaban J connectivity index is 1.34. The number of alkyl halides is 5. The van der Waals surface area contributed by atoms with Crippen LogP contribution in [0.1, 0.15) is 12.0 Å². The number of piperidine rings is 1. The first kappa shape index (κ1) is 28.3. The molecule has 1 unspecified atom stereocenters. The SMILES string of the molecule is Cc1cc(Nc2ncnc3ccc(OC(F)(F)F)c(OC4CCN(C)CC4(F)F)c23)ccc1Oc1cc2ncnn2cn1. The van der Waals surface area contributed by atoms with E-state index in [1.54, 1.807) is 31.2 Å². The lowest BCUT2D eigenvalue weighted by molar-refractivity contribution is -0.275. The zero-order valence-electron chi connectivity index (χ0n) is 22.6. The Kier molecular flexibility index (Phi) is 7.07. The largest absolute Gasteiger partial charge is 0.573 e. The Bertz CT molecular complexity index is 1800. The molecule has 224 valence electrons. The topological polar surface area (TPSA) is 112 Å². The first-order valence-electron chi connectivity index (χ1n) is 12.9. The molecule has 43 heavy (non-hydrogen) atoms. The number of halogens is 5. The molecule has 5 aromatic rings. The van der Waals surface area contributed by atoms with Crippen LogP contribution in [-0.4, -0.2) is 73.0 Å². The minimum atomic E-state index is -5.11. The van der Waals surface area contributed by atoms with Crippen molar-refractivity contribution in [1.82, 2.24) is 34.4 Å². The molecule has 0 radical (unpaired) electrons. The monoisotopic (exact) mass is 602 g/mol. The maximum Gasteiger partial charge on any atom is 0.573 e. The fourth-order valence-corrected chi connectivity index (χ4v) is 4.75. The van der Waals surface area contributed by atoms with E-state index in [9.17, 15) is 22.0 Å². The van der Waals surface area contributed by atoms with E-state index in [2.05, 4.69) is 35.1 Å². The van der Waals surface area contributed by atoms with Crippen molar-refractivity contribution in [3.05, 3.63) is 60.9 Å². The van der Waals surface area contributed by atoms with Gasteiger partial charge in [-0.1, -0.05) is 0 Å². The van der Waals surface area contributed by atoms with Crippen molar-refractivity contribution in [2.75, 3.05) is 25.5 Å². The summed E-state index contributed by atoms with van der Waals surface area (Å²) in [5.41, 5.74) is 1.85. The molecule has 1 aliphatic heterocycles.